The Morgan fingerprint density at radius 1 is 0.974 bits per heavy atom. The molecule has 2 aromatic carbocycles. The second-order valence-electron chi connectivity index (χ2n) is 13.3. The molecule has 206 valence electrons. The van der Waals surface area contributed by atoms with E-state index in [1.807, 2.05) is 75.4 Å². The maximum Gasteiger partial charge on any atom is 0.410 e. The van der Waals surface area contributed by atoms with Crippen LogP contribution in [0.2, 0.25) is 0 Å². The SMILES string of the molecule is CC1(C)CC2CC(C)(CN2C(=O)c2ccc(CN(CCOCc3ccccc3)C(=O)OC(C)(C)C)cc2)C1. The quantitative estimate of drug-likeness (QED) is 0.364. The summed E-state index contributed by atoms with van der Waals surface area (Å²) in [4.78, 5) is 30.2. The number of carbonyl (C=O) groups excluding carboxylic acids is 2. The van der Waals surface area contributed by atoms with Crippen molar-refractivity contribution < 1.29 is 19.1 Å². The van der Waals surface area contributed by atoms with Gasteiger partial charge >= 0.3 is 6.09 Å². The molecule has 1 saturated carbocycles. The van der Waals surface area contributed by atoms with Gasteiger partial charge in [-0.15, -0.1) is 0 Å². The lowest BCUT2D eigenvalue weighted by atomic mass is 9.65. The van der Waals surface area contributed by atoms with Gasteiger partial charge in [0.2, 0.25) is 0 Å². The number of nitrogens with zero attached hydrogens (tertiary/aromatic N) is 2. The number of amides is 2. The van der Waals surface area contributed by atoms with Crippen molar-refractivity contribution in [2.24, 2.45) is 10.8 Å². The van der Waals surface area contributed by atoms with Crippen LogP contribution in [0.5, 0.6) is 0 Å². The molecular formula is C32H44N2O4. The van der Waals surface area contributed by atoms with E-state index >= 15 is 0 Å². The van der Waals surface area contributed by atoms with E-state index in [0.717, 1.165) is 36.9 Å². The van der Waals surface area contributed by atoms with Gasteiger partial charge in [-0.2, -0.15) is 0 Å². The third kappa shape index (κ3) is 7.37. The lowest BCUT2D eigenvalue weighted by molar-refractivity contribution is 0.0145. The molecule has 2 amide bonds. The number of rotatable bonds is 8. The first-order chi connectivity index (χ1) is 17.8. The van der Waals surface area contributed by atoms with Crippen LogP contribution >= 0.6 is 0 Å². The Bertz CT molecular complexity index is 1110. The first kappa shape index (κ1) is 28.2. The zero-order valence-electron chi connectivity index (χ0n) is 24.0. The molecule has 6 heteroatoms. The smallest absolute Gasteiger partial charge is 0.410 e. The Balaban J connectivity index is 1.38. The summed E-state index contributed by atoms with van der Waals surface area (Å²) in [5.41, 5.74) is 2.64. The minimum Gasteiger partial charge on any atom is -0.444 e. The molecule has 0 radical (unpaired) electrons. The van der Waals surface area contributed by atoms with E-state index in [-0.39, 0.29) is 22.8 Å². The van der Waals surface area contributed by atoms with E-state index in [1.165, 1.54) is 0 Å². The van der Waals surface area contributed by atoms with Crippen LogP contribution in [0, 0.1) is 10.8 Å². The Morgan fingerprint density at radius 3 is 2.32 bits per heavy atom. The van der Waals surface area contributed by atoms with E-state index in [9.17, 15) is 9.59 Å². The van der Waals surface area contributed by atoms with Crippen molar-refractivity contribution in [3.8, 4) is 0 Å². The molecule has 2 atom stereocenters. The molecule has 1 aliphatic carbocycles. The molecule has 2 aromatic rings. The summed E-state index contributed by atoms with van der Waals surface area (Å²) in [5.74, 6) is 0.112. The van der Waals surface area contributed by atoms with Crippen LogP contribution in [0.15, 0.2) is 54.6 Å². The summed E-state index contributed by atoms with van der Waals surface area (Å²) < 4.78 is 11.5. The molecule has 1 saturated heterocycles. The highest BCUT2D eigenvalue weighted by molar-refractivity contribution is 5.94. The van der Waals surface area contributed by atoms with Gasteiger partial charge in [0.1, 0.15) is 5.60 Å². The van der Waals surface area contributed by atoms with Crippen molar-refractivity contribution >= 4 is 12.0 Å². The monoisotopic (exact) mass is 520 g/mol. The Labute approximate surface area is 228 Å². The van der Waals surface area contributed by atoms with Crippen LogP contribution in [0.3, 0.4) is 0 Å². The molecule has 2 unspecified atom stereocenters. The highest BCUT2D eigenvalue weighted by atomic mass is 16.6. The summed E-state index contributed by atoms with van der Waals surface area (Å²) in [5, 5.41) is 0. The van der Waals surface area contributed by atoms with Crippen LogP contribution in [0.1, 0.15) is 82.3 Å². The van der Waals surface area contributed by atoms with Crippen molar-refractivity contribution in [3.05, 3.63) is 71.3 Å². The minimum absolute atomic E-state index is 0.112. The summed E-state index contributed by atoms with van der Waals surface area (Å²) in [7, 11) is 0. The molecule has 1 heterocycles. The van der Waals surface area contributed by atoms with Gasteiger partial charge in [0.05, 0.1) is 13.2 Å². The van der Waals surface area contributed by atoms with E-state index in [0.29, 0.717) is 37.9 Å². The van der Waals surface area contributed by atoms with Crippen molar-refractivity contribution in [1.82, 2.24) is 9.80 Å². The molecule has 38 heavy (non-hydrogen) atoms. The molecule has 6 nitrogen and oxygen atoms in total. The van der Waals surface area contributed by atoms with Gasteiger partial charge in [0, 0.05) is 31.2 Å². The molecule has 2 bridgehead atoms. The van der Waals surface area contributed by atoms with Gasteiger partial charge in [0.15, 0.2) is 0 Å². The summed E-state index contributed by atoms with van der Waals surface area (Å²) in [6, 6.07) is 18.0. The van der Waals surface area contributed by atoms with Gasteiger partial charge in [-0.05, 0) is 74.1 Å². The number of benzene rings is 2. The molecule has 2 aliphatic rings. The molecule has 1 aliphatic heterocycles. The fourth-order valence-corrected chi connectivity index (χ4v) is 6.34. The number of fused-ring (bicyclic) bond motifs is 2. The number of carbonyl (C=O) groups is 2. The van der Waals surface area contributed by atoms with Gasteiger partial charge in [-0.3, -0.25) is 4.79 Å². The molecule has 4 rings (SSSR count). The molecule has 0 spiro atoms. The Kier molecular flexibility index (Phi) is 8.22. The molecule has 2 fully saturated rings. The van der Waals surface area contributed by atoms with Crippen LogP contribution in [0.25, 0.3) is 0 Å². The summed E-state index contributed by atoms with van der Waals surface area (Å²) in [6.45, 7) is 15.1. The number of likely N-dealkylation sites (tertiary alicyclic amines) is 1. The zero-order chi connectivity index (χ0) is 27.6. The van der Waals surface area contributed by atoms with Crippen molar-refractivity contribution in [2.75, 3.05) is 19.7 Å². The van der Waals surface area contributed by atoms with Crippen molar-refractivity contribution in [1.29, 1.82) is 0 Å². The van der Waals surface area contributed by atoms with Crippen LogP contribution in [0.4, 0.5) is 4.79 Å². The van der Waals surface area contributed by atoms with Gasteiger partial charge < -0.3 is 19.3 Å². The highest BCUT2D eigenvalue weighted by Gasteiger charge is 2.51. The van der Waals surface area contributed by atoms with Crippen molar-refractivity contribution in [2.45, 2.75) is 85.6 Å². The van der Waals surface area contributed by atoms with Crippen LogP contribution < -0.4 is 0 Å². The second-order valence-corrected chi connectivity index (χ2v) is 13.3. The molecular weight excluding hydrogens is 476 g/mol. The predicted molar refractivity (Wildman–Crippen MR) is 150 cm³/mol. The number of hydrogen-bond acceptors (Lipinski definition) is 4. The largest absolute Gasteiger partial charge is 0.444 e. The standard InChI is InChI=1S/C32H44N2O4/c1-30(2,3)38-29(36)33(16-17-37-21-25-10-8-7-9-11-25)20-24-12-14-26(15-13-24)28(35)34-23-32(6)19-27(34)18-31(4,5)22-32/h7-15,27H,16-23H2,1-6H3. The highest BCUT2D eigenvalue weighted by Crippen LogP contribution is 2.52. The van der Waals surface area contributed by atoms with Crippen LogP contribution in [-0.2, 0) is 22.6 Å². The lowest BCUT2D eigenvalue weighted by Crippen LogP contribution is -2.38. The van der Waals surface area contributed by atoms with E-state index in [4.69, 9.17) is 9.47 Å². The molecule has 0 N–H and O–H groups in total. The van der Waals surface area contributed by atoms with Crippen LogP contribution in [-0.4, -0.2) is 53.1 Å². The first-order valence-corrected chi connectivity index (χ1v) is 13.8. The zero-order valence-corrected chi connectivity index (χ0v) is 24.0. The van der Waals surface area contributed by atoms with E-state index in [2.05, 4.69) is 25.7 Å². The van der Waals surface area contributed by atoms with Gasteiger partial charge in [-0.1, -0.05) is 63.2 Å². The maximum atomic E-state index is 13.5. The Morgan fingerprint density at radius 2 is 1.66 bits per heavy atom. The second kappa shape index (κ2) is 11.1. The topological polar surface area (TPSA) is 59.1 Å². The normalized spacial score (nSPS) is 22.3. The maximum absolute atomic E-state index is 13.5. The number of ether oxygens (including phenoxy) is 2. The first-order valence-electron chi connectivity index (χ1n) is 13.8. The third-order valence-electron chi connectivity index (χ3n) is 7.52. The average Bonchev–Trinajstić information content (AvgIpc) is 3.09. The molecule has 0 aromatic heterocycles. The lowest BCUT2D eigenvalue weighted by Gasteiger charge is -2.39. The number of hydrogen-bond donors (Lipinski definition) is 0. The summed E-state index contributed by atoms with van der Waals surface area (Å²) in [6.07, 6.45) is 2.94. The predicted octanol–water partition coefficient (Wildman–Crippen LogP) is 6.68. The Hall–Kier alpha value is -2.86. The average molecular weight is 521 g/mol. The minimum atomic E-state index is -0.588. The third-order valence-corrected chi connectivity index (χ3v) is 7.52. The van der Waals surface area contributed by atoms with Gasteiger partial charge in [-0.25, -0.2) is 4.79 Å². The fourth-order valence-electron chi connectivity index (χ4n) is 6.34. The van der Waals surface area contributed by atoms with Crippen molar-refractivity contribution in [3.63, 3.8) is 0 Å². The van der Waals surface area contributed by atoms with E-state index in [1.54, 1.807) is 4.90 Å². The van der Waals surface area contributed by atoms with Gasteiger partial charge in [0.25, 0.3) is 5.91 Å². The summed E-state index contributed by atoms with van der Waals surface area (Å²) >= 11 is 0. The van der Waals surface area contributed by atoms with E-state index < -0.39 is 5.60 Å². The fraction of sp³-hybridized carbons (Fsp3) is 0.562.